The van der Waals surface area contributed by atoms with Gasteiger partial charge in [-0.15, -0.1) is 0 Å². The Bertz CT molecular complexity index is 347. The van der Waals surface area contributed by atoms with Gasteiger partial charge in [-0.2, -0.15) is 0 Å². The molecule has 96 valence electrons. The van der Waals surface area contributed by atoms with Gasteiger partial charge in [0.2, 0.25) is 6.41 Å². The third-order valence-electron chi connectivity index (χ3n) is 1.85. The van der Waals surface area contributed by atoms with Gasteiger partial charge in [0.15, 0.2) is 0 Å². The molecular weight excluding hydrogens is 225 g/mol. The minimum atomic E-state index is -1.63. The van der Waals surface area contributed by atoms with Crippen LogP contribution in [0.25, 0.3) is 0 Å². The number of rotatable bonds is 5. The van der Waals surface area contributed by atoms with Crippen LogP contribution < -0.4 is 11.0 Å². The molecule has 0 bridgehead atoms. The van der Waals surface area contributed by atoms with Crippen molar-refractivity contribution in [2.24, 2.45) is 0 Å². The van der Waals surface area contributed by atoms with E-state index in [2.05, 4.69) is 5.32 Å². The Morgan fingerprint density at radius 3 is 2.53 bits per heavy atom. The van der Waals surface area contributed by atoms with Crippen LogP contribution in [0.2, 0.25) is 0 Å². The van der Waals surface area contributed by atoms with Gasteiger partial charge in [-0.1, -0.05) is 0 Å². The first-order chi connectivity index (χ1) is 7.78. The van der Waals surface area contributed by atoms with Crippen molar-refractivity contribution in [3.05, 3.63) is 17.9 Å². The average molecular weight is 243 g/mol. The molecule has 1 rings (SSSR count). The monoisotopic (exact) mass is 243 g/mol. The van der Waals surface area contributed by atoms with Crippen LogP contribution in [0.4, 0.5) is 0 Å². The van der Waals surface area contributed by atoms with Gasteiger partial charge in [0.25, 0.3) is 0 Å². The summed E-state index contributed by atoms with van der Waals surface area (Å²) in [4.78, 5) is 0. The molecule has 0 spiro atoms. The first-order valence-electron chi connectivity index (χ1n) is 5.32. The highest BCUT2D eigenvalue weighted by molar-refractivity contribution is 6.56. The molecule has 0 aliphatic rings. The van der Waals surface area contributed by atoms with Gasteiger partial charge in [-0.05, 0) is 32.9 Å². The Labute approximate surface area is 100 Å². The van der Waals surface area contributed by atoms with E-state index in [0.29, 0.717) is 5.76 Å². The molecule has 1 heterocycles. The van der Waals surface area contributed by atoms with Gasteiger partial charge in [0.05, 0.1) is 12.1 Å². The maximum atomic E-state index is 9.49. The van der Waals surface area contributed by atoms with Crippen molar-refractivity contribution in [3.8, 4) is 0 Å². The van der Waals surface area contributed by atoms with Crippen molar-refractivity contribution in [1.29, 1.82) is 0 Å². The first kappa shape index (κ1) is 14.2. The van der Waals surface area contributed by atoms with Gasteiger partial charge >= 0.3 is 7.12 Å². The molecule has 6 nitrogen and oxygen atoms in total. The van der Waals surface area contributed by atoms with Gasteiger partial charge in [-0.3, -0.25) is 5.32 Å². The zero-order valence-electron chi connectivity index (χ0n) is 10.2. The number of hydrogen-bond acceptors (Lipinski definition) is 6. The predicted molar refractivity (Wildman–Crippen MR) is 62.2 cm³/mol. The average Bonchev–Trinajstić information content (AvgIpc) is 2.60. The molecular formula is C10H18BNO5. The molecule has 0 saturated carbocycles. The Morgan fingerprint density at radius 1 is 1.41 bits per heavy atom. The molecule has 1 unspecified atom stereocenters. The molecule has 0 fully saturated rings. The second kappa shape index (κ2) is 5.66. The van der Waals surface area contributed by atoms with E-state index in [4.69, 9.17) is 19.2 Å². The summed E-state index contributed by atoms with van der Waals surface area (Å²) in [7, 11) is -1.63. The summed E-state index contributed by atoms with van der Waals surface area (Å²) in [6.45, 7) is 5.70. The summed E-state index contributed by atoms with van der Waals surface area (Å²) in [5.41, 5.74) is -0.393. The number of aliphatic hydroxyl groups is 1. The summed E-state index contributed by atoms with van der Waals surface area (Å²) in [6, 6.07) is 3.05. The number of nitrogens with one attached hydrogen (secondary N) is 1. The number of furan rings is 1. The van der Waals surface area contributed by atoms with Crippen LogP contribution in [0.3, 0.4) is 0 Å². The van der Waals surface area contributed by atoms with Crippen LogP contribution in [-0.2, 0) is 11.3 Å². The van der Waals surface area contributed by atoms with Gasteiger partial charge in [0, 0.05) is 0 Å². The maximum Gasteiger partial charge on any atom is 0.526 e. The van der Waals surface area contributed by atoms with Gasteiger partial charge in [0.1, 0.15) is 11.4 Å². The molecule has 0 aliphatic heterocycles. The van der Waals surface area contributed by atoms with Crippen molar-refractivity contribution in [2.45, 2.75) is 39.3 Å². The van der Waals surface area contributed by atoms with E-state index >= 15 is 0 Å². The summed E-state index contributed by atoms with van der Waals surface area (Å²) in [6.07, 6.45) is -1.11. The lowest BCUT2D eigenvalue weighted by Gasteiger charge is -2.24. The molecule has 4 N–H and O–H groups in total. The summed E-state index contributed by atoms with van der Waals surface area (Å²) < 4.78 is 10.3. The van der Waals surface area contributed by atoms with Crippen LogP contribution >= 0.6 is 0 Å². The van der Waals surface area contributed by atoms with Crippen molar-refractivity contribution in [3.63, 3.8) is 0 Å². The third-order valence-corrected chi connectivity index (χ3v) is 1.85. The van der Waals surface area contributed by atoms with Crippen LogP contribution in [0.5, 0.6) is 0 Å². The van der Waals surface area contributed by atoms with Gasteiger partial charge < -0.3 is 24.3 Å². The van der Waals surface area contributed by atoms with E-state index in [1.807, 2.05) is 20.8 Å². The zero-order valence-corrected chi connectivity index (χ0v) is 10.2. The van der Waals surface area contributed by atoms with Crippen molar-refractivity contribution in [1.82, 2.24) is 5.32 Å². The quantitative estimate of drug-likeness (QED) is 0.397. The standard InChI is InChI=1S/C10H18BNO5/c1-10(2,3)17-9(13)12-6-7-4-5-8(16-7)11(14)15/h4-5,9,12-15H,6H2,1-3H3. The van der Waals surface area contributed by atoms with E-state index in [0.717, 1.165) is 0 Å². The summed E-state index contributed by atoms with van der Waals surface area (Å²) >= 11 is 0. The fourth-order valence-electron chi connectivity index (χ4n) is 1.19. The predicted octanol–water partition coefficient (Wildman–Crippen LogP) is -0.860. The minimum Gasteiger partial charge on any atom is -0.468 e. The van der Waals surface area contributed by atoms with E-state index in [9.17, 15) is 5.11 Å². The van der Waals surface area contributed by atoms with Crippen LogP contribution in [0.1, 0.15) is 26.5 Å². The highest BCUT2D eigenvalue weighted by Crippen LogP contribution is 2.08. The lowest BCUT2D eigenvalue weighted by molar-refractivity contribution is -0.182. The van der Waals surface area contributed by atoms with Crippen molar-refractivity contribution >= 4 is 12.8 Å². The third kappa shape index (κ3) is 5.34. The molecule has 0 radical (unpaired) electrons. The second-order valence-corrected chi connectivity index (χ2v) is 4.64. The Morgan fingerprint density at radius 2 is 2.06 bits per heavy atom. The normalized spacial score (nSPS) is 13.8. The zero-order chi connectivity index (χ0) is 13.1. The Kier molecular flexibility index (Phi) is 4.73. The molecule has 0 saturated heterocycles. The van der Waals surface area contributed by atoms with Crippen molar-refractivity contribution in [2.75, 3.05) is 0 Å². The molecule has 1 aromatic heterocycles. The lowest BCUT2D eigenvalue weighted by Crippen LogP contribution is -2.37. The van der Waals surface area contributed by atoms with E-state index in [-0.39, 0.29) is 12.2 Å². The van der Waals surface area contributed by atoms with Crippen molar-refractivity contribution < 1.29 is 24.3 Å². The molecule has 17 heavy (non-hydrogen) atoms. The summed E-state index contributed by atoms with van der Waals surface area (Å²) in [5.74, 6) is 0.477. The maximum absolute atomic E-state index is 9.49. The lowest BCUT2D eigenvalue weighted by atomic mass is 9.88. The van der Waals surface area contributed by atoms with E-state index in [1.54, 1.807) is 6.07 Å². The highest BCUT2D eigenvalue weighted by Gasteiger charge is 2.18. The molecule has 0 aromatic carbocycles. The van der Waals surface area contributed by atoms with E-state index in [1.165, 1.54) is 6.07 Å². The topological polar surface area (TPSA) is 95.1 Å². The minimum absolute atomic E-state index is 0.0630. The summed E-state index contributed by atoms with van der Waals surface area (Å²) in [5, 5.41) is 29.8. The number of ether oxygens (including phenoxy) is 1. The number of aliphatic hydroxyl groups excluding tert-OH is 1. The molecule has 1 atom stereocenters. The van der Waals surface area contributed by atoms with Crippen LogP contribution in [0.15, 0.2) is 16.5 Å². The van der Waals surface area contributed by atoms with Crippen LogP contribution in [-0.4, -0.2) is 34.3 Å². The van der Waals surface area contributed by atoms with E-state index < -0.39 is 19.1 Å². The molecule has 0 amide bonds. The SMILES string of the molecule is CC(C)(C)OC(O)NCc1ccc(B(O)O)o1. The van der Waals surface area contributed by atoms with Gasteiger partial charge in [-0.25, -0.2) is 0 Å². The first-order valence-corrected chi connectivity index (χ1v) is 5.32. The largest absolute Gasteiger partial charge is 0.526 e. The molecule has 0 aliphatic carbocycles. The second-order valence-electron chi connectivity index (χ2n) is 4.64. The Balaban J connectivity index is 2.39. The van der Waals surface area contributed by atoms with Crippen LogP contribution in [0, 0.1) is 0 Å². The fourth-order valence-corrected chi connectivity index (χ4v) is 1.19. The molecule has 1 aromatic rings. The highest BCUT2D eigenvalue weighted by atomic mass is 16.6. The molecule has 7 heteroatoms. The fraction of sp³-hybridized carbons (Fsp3) is 0.600. The Hall–Kier alpha value is -0.855. The smallest absolute Gasteiger partial charge is 0.468 e. The number of hydrogen-bond donors (Lipinski definition) is 4.